The Bertz CT molecular complexity index is 1430. The number of rotatable bonds is 7. The van der Waals surface area contributed by atoms with E-state index in [1.54, 1.807) is 0 Å². The van der Waals surface area contributed by atoms with Crippen LogP contribution < -0.4 is 16.0 Å². The molecule has 2 amide bonds. The maximum absolute atomic E-state index is 13.1. The highest BCUT2D eigenvalue weighted by Crippen LogP contribution is 2.34. The second kappa shape index (κ2) is 11.1. The van der Waals surface area contributed by atoms with Gasteiger partial charge in [0.15, 0.2) is 0 Å². The largest absolute Gasteiger partial charge is 0.508 e. The van der Waals surface area contributed by atoms with E-state index in [0.29, 0.717) is 18.7 Å². The highest BCUT2D eigenvalue weighted by molar-refractivity contribution is 6.18. The lowest BCUT2D eigenvalue weighted by molar-refractivity contribution is 0.0596. The van der Waals surface area contributed by atoms with Crippen LogP contribution in [0, 0.1) is 0 Å². The second-order valence-corrected chi connectivity index (χ2v) is 8.77. The van der Waals surface area contributed by atoms with Gasteiger partial charge in [0, 0.05) is 24.2 Å². The molecule has 2 atom stereocenters. The first-order valence-corrected chi connectivity index (χ1v) is 11.7. The number of benzene rings is 3. The molecule has 4 rings (SSSR count). The molecule has 202 valence electrons. The van der Waals surface area contributed by atoms with E-state index < -0.39 is 64.0 Å². The minimum atomic E-state index is -1.06. The average molecular weight is 536 g/mol. The Labute approximate surface area is 221 Å². The maximum atomic E-state index is 13.1. The van der Waals surface area contributed by atoms with Crippen LogP contribution in [0.15, 0.2) is 54.6 Å². The summed E-state index contributed by atoms with van der Waals surface area (Å²) in [5.41, 5.74) is -1.25. The fourth-order valence-electron chi connectivity index (χ4n) is 4.26. The van der Waals surface area contributed by atoms with Crippen molar-refractivity contribution >= 4 is 23.6 Å². The van der Waals surface area contributed by atoms with Crippen LogP contribution in [0.1, 0.15) is 47.0 Å². The van der Waals surface area contributed by atoms with E-state index in [1.165, 1.54) is 36.4 Å². The summed E-state index contributed by atoms with van der Waals surface area (Å²) in [7, 11) is 1.09. The molecule has 7 N–H and O–H groups in total. The molecule has 1 aliphatic rings. The number of nitrogens with one attached hydrogen (secondary N) is 3. The first-order valence-electron chi connectivity index (χ1n) is 11.7. The summed E-state index contributed by atoms with van der Waals surface area (Å²) in [5.74, 6) is -5.15. The van der Waals surface area contributed by atoms with Gasteiger partial charge in [-0.2, -0.15) is 0 Å². The molecule has 0 saturated carbocycles. The lowest BCUT2D eigenvalue weighted by Crippen LogP contribution is -2.51. The van der Waals surface area contributed by atoms with Gasteiger partial charge in [-0.25, -0.2) is 4.79 Å². The molecule has 1 fully saturated rings. The number of amides is 2. The van der Waals surface area contributed by atoms with Gasteiger partial charge in [0.05, 0.1) is 30.3 Å². The van der Waals surface area contributed by atoms with Crippen LogP contribution in [-0.2, 0) is 4.74 Å². The van der Waals surface area contributed by atoms with Crippen LogP contribution in [0.25, 0.3) is 0 Å². The van der Waals surface area contributed by atoms with Crippen molar-refractivity contribution in [1.82, 2.24) is 16.0 Å². The molecule has 39 heavy (non-hydrogen) atoms. The van der Waals surface area contributed by atoms with Gasteiger partial charge >= 0.3 is 5.97 Å². The molecule has 0 spiro atoms. The lowest BCUT2D eigenvalue weighted by Gasteiger charge is -2.21. The minimum Gasteiger partial charge on any atom is -0.508 e. The van der Waals surface area contributed by atoms with Crippen molar-refractivity contribution < 1.29 is 44.3 Å². The van der Waals surface area contributed by atoms with Crippen LogP contribution in [-0.4, -0.2) is 76.3 Å². The molecule has 1 heterocycles. The fraction of sp³-hybridized carbons (Fsp3) is 0.185. The van der Waals surface area contributed by atoms with E-state index >= 15 is 0 Å². The SMILES string of the molecule is COC(=O)c1cccc(O)c1C(=O)c1c(O)cc(C(=O)NC2CNCC2NC(=O)c2ccc(O)cc2)cc1O. The van der Waals surface area contributed by atoms with Crippen LogP contribution in [0.3, 0.4) is 0 Å². The normalized spacial score (nSPS) is 16.3. The summed E-state index contributed by atoms with van der Waals surface area (Å²) in [5, 5.41) is 49.3. The first kappa shape index (κ1) is 26.9. The number of carbonyl (C=O) groups is 4. The van der Waals surface area contributed by atoms with E-state index in [1.807, 2.05) is 0 Å². The van der Waals surface area contributed by atoms with Crippen molar-refractivity contribution in [3.8, 4) is 23.0 Å². The molecule has 0 aliphatic carbocycles. The third-order valence-electron chi connectivity index (χ3n) is 6.24. The number of ether oxygens (including phenoxy) is 1. The Balaban J connectivity index is 1.52. The van der Waals surface area contributed by atoms with Gasteiger partial charge in [0.2, 0.25) is 5.78 Å². The average Bonchev–Trinajstić information content (AvgIpc) is 3.33. The van der Waals surface area contributed by atoms with Gasteiger partial charge in [0.25, 0.3) is 11.8 Å². The molecule has 1 saturated heterocycles. The standard InChI is InChI=1S/C27H25N3O9/c1-39-27(38)16-3-2-4-19(32)22(16)24(35)23-20(33)9-14(10-21(23)34)26(37)30-18-12-28-11-17(18)29-25(36)13-5-7-15(31)8-6-13/h2-10,17-18,28,31-34H,11-12H2,1H3,(H,29,36)(H,30,37). The topological polar surface area (TPSA) is 195 Å². The molecular formula is C27H25N3O9. The van der Waals surface area contributed by atoms with Crippen molar-refractivity contribution in [2.24, 2.45) is 0 Å². The molecule has 0 radical (unpaired) electrons. The quantitative estimate of drug-likeness (QED) is 0.170. The summed E-state index contributed by atoms with van der Waals surface area (Å²) in [6.07, 6.45) is 0. The first-order chi connectivity index (χ1) is 18.6. The summed E-state index contributed by atoms with van der Waals surface area (Å²) in [4.78, 5) is 50.7. The van der Waals surface area contributed by atoms with Gasteiger partial charge in [-0.1, -0.05) is 6.07 Å². The highest BCUT2D eigenvalue weighted by Gasteiger charge is 2.32. The Morgan fingerprint density at radius 2 is 1.33 bits per heavy atom. The Morgan fingerprint density at radius 1 is 0.769 bits per heavy atom. The van der Waals surface area contributed by atoms with Crippen LogP contribution in [0.5, 0.6) is 23.0 Å². The van der Waals surface area contributed by atoms with Gasteiger partial charge in [-0.3, -0.25) is 14.4 Å². The fourth-order valence-corrected chi connectivity index (χ4v) is 4.26. The van der Waals surface area contributed by atoms with Crippen molar-refractivity contribution in [2.45, 2.75) is 12.1 Å². The van der Waals surface area contributed by atoms with E-state index in [2.05, 4.69) is 20.7 Å². The second-order valence-electron chi connectivity index (χ2n) is 8.77. The Kier molecular flexibility index (Phi) is 7.68. The van der Waals surface area contributed by atoms with Gasteiger partial charge in [0.1, 0.15) is 28.6 Å². The van der Waals surface area contributed by atoms with Crippen molar-refractivity contribution in [1.29, 1.82) is 0 Å². The number of hydrogen-bond acceptors (Lipinski definition) is 10. The monoisotopic (exact) mass is 535 g/mol. The van der Waals surface area contributed by atoms with Crippen LogP contribution >= 0.6 is 0 Å². The van der Waals surface area contributed by atoms with E-state index in [0.717, 1.165) is 25.3 Å². The molecule has 12 heteroatoms. The van der Waals surface area contributed by atoms with E-state index in [9.17, 15) is 39.6 Å². The number of aromatic hydroxyl groups is 4. The van der Waals surface area contributed by atoms with E-state index in [-0.39, 0.29) is 16.9 Å². The number of ketones is 1. The highest BCUT2D eigenvalue weighted by atomic mass is 16.5. The predicted molar refractivity (Wildman–Crippen MR) is 136 cm³/mol. The van der Waals surface area contributed by atoms with E-state index in [4.69, 9.17) is 0 Å². The molecule has 2 unspecified atom stereocenters. The van der Waals surface area contributed by atoms with Gasteiger partial charge < -0.3 is 41.1 Å². The van der Waals surface area contributed by atoms with Crippen molar-refractivity contribution in [3.63, 3.8) is 0 Å². The molecule has 3 aromatic carbocycles. The number of phenolic OH excluding ortho intramolecular Hbond substituents is 4. The number of phenols is 4. The van der Waals surface area contributed by atoms with Crippen LogP contribution in [0.4, 0.5) is 0 Å². The molecular weight excluding hydrogens is 510 g/mol. The lowest BCUT2D eigenvalue weighted by atomic mass is 9.95. The number of hydrogen-bond donors (Lipinski definition) is 7. The number of carbonyl (C=O) groups excluding carboxylic acids is 4. The number of esters is 1. The summed E-state index contributed by atoms with van der Waals surface area (Å²) in [6, 6.07) is 10.3. The summed E-state index contributed by atoms with van der Waals surface area (Å²) >= 11 is 0. The molecule has 1 aliphatic heterocycles. The predicted octanol–water partition coefficient (Wildman–Crippen LogP) is 1.03. The van der Waals surface area contributed by atoms with Crippen molar-refractivity contribution in [3.05, 3.63) is 82.4 Å². The molecule has 0 bridgehead atoms. The third-order valence-corrected chi connectivity index (χ3v) is 6.24. The Morgan fingerprint density at radius 3 is 1.90 bits per heavy atom. The maximum Gasteiger partial charge on any atom is 0.338 e. The zero-order valence-electron chi connectivity index (χ0n) is 20.6. The zero-order chi connectivity index (χ0) is 28.3. The summed E-state index contributed by atoms with van der Waals surface area (Å²) in [6.45, 7) is 0.687. The van der Waals surface area contributed by atoms with Gasteiger partial charge in [-0.15, -0.1) is 0 Å². The Hall–Kier alpha value is -5.10. The van der Waals surface area contributed by atoms with Crippen molar-refractivity contribution in [2.75, 3.05) is 20.2 Å². The minimum absolute atomic E-state index is 0.0166. The molecule has 3 aromatic rings. The summed E-state index contributed by atoms with van der Waals surface area (Å²) < 4.78 is 4.63. The third kappa shape index (κ3) is 5.60. The number of methoxy groups -OCH3 is 1. The van der Waals surface area contributed by atoms with Crippen LogP contribution in [0.2, 0.25) is 0 Å². The van der Waals surface area contributed by atoms with Gasteiger partial charge in [-0.05, 0) is 48.5 Å². The zero-order valence-corrected chi connectivity index (χ0v) is 20.6. The smallest absolute Gasteiger partial charge is 0.338 e. The molecule has 12 nitrogen and oxygen atoms in total. The molecule has 0 aromatic heterocycles.